The number of aryl methyl sites for hydroxylation is 1. The summed E-state index contributed by atoms with van der Waals surface area (Å²) in [5, 5.41) is 4.67. The number of H-pyrrole nitrogens is 1. The van der Waals surface area contributed by atoms with Gasteiger partial charge in [0.05, 0.1) is 11.6 Å². The molecular weight excluding hydrogens is 454 g/mol. The minimum Gasteiger partial charge on any atom is -0.354 e. The van der Waals surface area contributed by atoms with Gasteiger partial charge in [-0.2, -0.15) is 0 Å². The fourth-order valence-electron chi connectivity index (χ4n) is 5.53. The van der Waals surface area contributed by atoms with Crippen molar-refractivity contribution in [2.75, 3.05) is 0 Å². The van der Waals surface area contributed by atoms with Crippen molar-refractivity contribution in [2.24, 2.45) is 11.8 Å². The molecule has 4 unspecified atom stereocenters. The van der Waals surface area contributed by atoms with Crippen LogP contribution >= 0.6 is 0 Å². The Kier molecular flexibility index (Phi) is 10.4. The summed E-state index contributed by atoms with van der Waals surface area (Å²) in [7, 11) is 0. The lowest BCUT2D eigenvalue weighted by Gasteiger charge is -2.26. The Morgan fingerprint density at radius 2 is 1.73 bits per heavy atom. The number of nitrogens with one attached hydrogen (secondary N) is 2. The highest BCUT2D eigenvalue weighted by molar-refractivity contribution is 5.93. The average molecular weight is 504 g/mol. The van der Waals surface area contributed by atoms with Crippen LogP contribution in [0.3, 0.4) is 0 Å². The summed E-state index contributed by atoms with van der Waals surface area (Å²) in [4.78, 5) is 21.5. The van der Waals surface area contributed by atoms with Gasteiger partial charge in [-0.05, 0) is 79.8 Å². The summed E-state index contributed by atoms with van der Waals surface area (Å²) in [5.74, 6) is 1.53. The van der Waals surface area contributed by atoms with Crippen LogP contribution in [0.4, 0.5) is 0 Å². The minimum absolute atomic E-state index is 0.141. The third-order valence-electron chi connectivity index (χ3n) is 7.99. The van der Waals surface area contributed by atoms with Gasteiger partial charge in [0.15, 0.2) is 0 Å². The van der Waals surface area contributed by atoms with Crippen LogP contribution in [0.15, 0.2) is 36.5 Å². The Balaban J connectivity index is 1.86. The summed E-state index contributed by atoms with van der Waals surface area (Å²) in [6, 6.07) is 10.9. The second-order valence-electron chi connectivity index (χ2n) is 11.7. The van der Waals surface area contributed by atoms with Crippen molar-refractivity contribution in [2.45, 2.75) is 112 Å². The highest BCUT2D eigenvalue weighted by Crippen LogP contribution is 2.37. The molecule has 37 heavy (non-hydrogen) atoms. The number of carbonyl (C=O) groups excluding carboxylic acids is 1. The molecule has 0 fully saturated rings. The second-order valence-corrected chi connectivity index (χ2v) is 11.7. The molecule has 2 aromatic heterocycles. The van der Waals surface area contributed by atoms with Gasteiger partial charge in [-0.3, -0.25) is 9.78 Å². The first kappa shape index (κ1) is 28.9. The molecule has 1 amide bonds. The molecule has 4 nitrogen and oxygen atoms in total. The van der Waals surface area contributed by atoms with Crippen LogP contribution in [-0.4, -0.2) is 21.9 Å². The smallest absolute Gasteiger partial charge is 0.227 e. The minimum atomic E-state index is -0.198. The average Bonchev–Trinajstić information content (AvgIpc) is 3.26. The molecule has 0 bridgehead atoms. The highest BCUT2D eigenvalue weighted by Gasteiger charge is 2.24. The van der Waals surface area contributed by atoms with E-state index in [-0.39, 0.29) is 17.9 Å². The molecule has 3 rings (SSSR count). The van der Waals surface area contributed by atoms with E-state index in [0.717, 1.165) is 47.3 Å². The predicted octanol–water partition coefficient (Wildman–Crippen LogP) is 8.90. The van der Waals surface area contributed by atoms with E-state index >= 15 is 0 Å². The van der Waals surface area contributed by atoms with E-state index < -0.39 is 0 Å². The van der Waals surface area contributed by atoms with Crippen LogP contribution in [0, 0.1) is 18.8 Å². The molecule has 0 aliphatic heterocycles. The van der Waals surface area contributed by atoms with Crippen LogP contribution in [0.5, 0.6) is 0 Å². The Hall–Kier alpha value is -2.62. The Morgan fingerprint density at radius 1 is 1.00 bits per heavy atom. The predicted molar refractivity (Wildman–Crippen MR) is 158 cm³/mol. The summed E-state index contributed by atoms with van der Waals surface area (Å²) in [6.45, 7) is 17.7. The number of unbranched alkanes of at least 4 members (excludes halogenated alkanes) is 1. The van der Waals surface area contributed by atoms with Crippen molar-refractivity contribution >= 4 is 16.8 Å². The molecule has 2 heterocycles. The van der Waals surface area contributed by atoms with E-state index in [1.807, 2.05) is 20.0 Å². The third kappa shape index (κ3) is 7.46. The number of nitrogens with zero attached hydrogens (tertiary/aromatic N) is 1. The van der Waals surface area contributed by atoms with Crippen LogP contribution in [0.2, 0.25) is 0 Å². The van der Waals surface area contributed by atoms with Crippen molar-refractivity contribution in [3.8, 4) is 11.3 Å². The zero-order valence-electron chi connectivity index (χ0n) is 24.4. The lowest BCUT2D eigenvalue weighted by molar-refractivity contribution is -0.123. The first-order valence-corrected chi connectivity index (χ1v) is 14.5. The maximum absolute atomic E-state index is 13.5. The monoisotopic (exact) mass is 503 g/mol. The maximum atomic E-state index is 13.5. The van der Waals surface area contributed by atoms with Gasteiger partial charge in [-0.1, -0.05) is 73.3 Å². The lowest BCUT2D eigenvalue weighted by atomic mass is 9.89. The second kappa shape index (κ2) is 13.3. The van der Waals surface area contributed by atoms with E-state index in [1.165, 1.54) is 30.2 Å². The van der Waals surface area contributed by atoms with E-state index in [1.54, 1.807) is 0 Å². The largest absolute Gasteiger partial charge is 0.354 e. The number of amides is 1. The van der Waals surface area contributed by atoms with Crippen molar-refractivity contribution in [1.82, 2.24) is 15.3 Å². The van der Waals surface area contributed by atoms with Crippen molar-refractivity contribution < 1.29 is 4.79 Å². The van der Waals surface area contributed by atoms with Gasteiger partial charge in [0.2, 0.25) is 5.91 Å². The van der Waals surface area contributed by atoms with E-state index in [9.17, 15) is 4.79 Å². The summed E-state index contributed by atoms with van der Waals surface area (Å²) in [5.41, 5.74) is 6.81. The zero-order valence-corrected chi connectivity index (χ0v) is 24.4. The van der Waals surface area contributed by atoms with E-state index in [4.69, 9.17) is 0 Å². The quantitative estimate of drug-likeness (QED) is 0.245. The molecule has 0 saturated carbocycles. The SMILES string of the molecule is CCCCC(C)CC(CC(C)CC)NC(=O)C(C)c1ccc2[nH]c(-c3ccnc(C)c3)c(C(C)C)c2c1. The molecule has 0 spiro atoms. The summed E-state index contributed by atoms with van der Waals surface area (Å²) >= 11 is 0. The fraction of sp³-hybridized carbons (Fsp3) is 0.576. The van der Waals surface area contributed by atoms with Crippen molar-refractivity contribution in [3.05, 3.63) is 53.3 Å². The number of pyridine rings is 1. The van der Waals surface area contributed by atoms with Crippen LogP contribution < -0.4 is 5.32 Å². The van der Waals surface area contributed by atoms with Gasteiger partial charge in [0.25, 0.3) is 0 Å². The number of aromatic nitrogens is 2. The van der Waals surface area contributed by atoms with Gasteiger partial charge < -0.3 is 10.3 Å². The van der Waals surface area contributed by atoms with Gasteiger partial charge in [0.1, 0.15) is 0 Å². The number of aromatic amines is 1. The molecule has 0 radical (unpaired) electrons. The summed E-state index contributed by atoms with van der Waals surface area (Å²) < 4.78 is 0. The highest BCUT2D eigenvalue weighted by atomic mass is 16.1. The molecule has 0 saturated heterocycles. The van der Waals surface area contributed by atoms with Crippen molar-refractivity contribution in [1.29, 1.82) is 0 Å². The molecular formula is C33H49N3O. The van der Waals surface area contributed by atoms with Gasteiger partial charge in [-0.25, -0.2) is 0 Å². The Morgan fingerprint density at radius 3 is 2.38 bits per heavy atom. The number of hydrogen-bond donors (Lipinski definition) is 2. The molecule has 4 heteroatoms. The number of fused-ring (bicyclic) bond motifs is 1. The van der Waals surface area contributed by atoms with Crippen LogP contribution in [0.25, 0.3) is 22.2 Å². The molecule has 0 aliphatic carbocycles. The van der Waals surface area contributed by atoms with Gasteiger partial charge in [-0.15, -0.1) is 0 Å². The molecule has 2 N–H and O–H groups in total. The molecule has 0 aliphatic rings. The molecule has 1 aromatic carbocycles. The molecule has 3 aromatic rings. The number of rotatable bonds is 13. The Labute approximate surface area is 225 Å². The first-order valence-electron chi connectivity index (χ1n) is 14.5. The van der Waals surface area contributed by atoms with E-state index in [2.05, 4.69) is 87.2 Å². The fourth-order valence-corrected chi connectivity index (χ4v) is 5.53. The summed E-state index contributed by atoms with van der Waals surface area (Å²) in [6.07, 6.45) is 8.86. The van der Waals surface area contributed by atoms with Crippen molar-refractivity contribution in [3.63, 3.8) is 0 Å². The number of carbonyl (C=O) groups is 1. The lowest BCUT2D eigenvalue weighted by Crippen LogP contribution is -2.39. The van der Waals surface area contributed by atoms with Crippen LogP contribution in [0.1, 0.15) is 116 Å². The van der Waals surface area contributed by atoms with Crippen LogP contribution in [-0.2, 0) is 4.79 Å². The molecule has 4 atom stereocenters. The van der Waals surface area contributed by atoms with Gasteiger partial charge in [0, 0.05) is 34.4 Å². The molecule has 202 valence electrons. The maximum Gasteiger partial charge on any atom is 0.227 e. The van der Waals surface area contributed by atoms with E-state index in [0.29, 0.717) is 17.8 Å². The third-order valence-corrected chi connectivity index (χ3v) is 7.99. The topological polar surface area (TPSA) is 57.8 Å². The standard InChI is InChI=1S/C33H49N3O/c1-9-11-12-23(6)18-28(17-22(5)10-2)35-33(37)25(8)26-13-14-30-29(20-26)31(21(3)4)32(36-30)27-15-16-34-24(7)19-27/h13-16,19-23,25,28,36H,9-12,17-18H2,1-8H3,(H,35,37). The Bertz CT molecular complexity index is 1160. The first-order chi connectivity index (χ1) is 17.6. The number of hydrogen-bond acceptors (Lipinski definition) is 2. The number of benzene rings is 1. The normalized spacial score (nSPS) is 15.1. The zero-order chi connectivity index (χ0) is 27.1. The van der Waals surface area contributed by atoms with Gasteiger partial charge >= 0.3 is 0 Å².